The van der Waals surface area contributed by atoms with Crippen molar-refractivity contribution in [3.8, 4) is 0 Å². The Kier molecular flexibility index (Phi) is 4.96. The number of piperidine rings is 1. The molecule has 4 rings (SSSR count). The van der Waals surface area contributed by atoms with Crippen molar-refractivity contribution in [2.45, 2.75) is 43.7 Å². The zero-order valence-corrected chi connectivity index (χ0v) is 14.3. The third-order valence-corrected chi connectivity index (χ3v) is 5.58. The van der Waals surface area contributed by atoms with Gasteiger partial charge in [0.25, 0.3) is 0 Å². The lowest BCUT2D eigenvalue weighted by molar-refractivity contribution is -0.0580. The highest BCUT2D eigenvalue weighted by atomic mass is 16.5. The summed E-state index contributed by atoms with van der Waals surface area (Å²) in [6, 6.07) is 2.16. The van der Waals surface area contributed by atoms with Gasteiger partial charge in [-0.15, -0.1) is 0 Å². The third-order valence-electron chi connectivity index (χ3n) is 5.58. The number of nitrogens with one attached hydrogen (secondary N) is 1. The van der Waals surface area contributed by atoms with E-state index in [-0.39, 0.29) is 5.60 Å². The minimum atomic E-state index is 0.0237. The average Bonchev–Trinajstić information content (AvgIpc) is 2.98. The standard InChI is InChI=1S/C18H28N4O2/c1-5-18(14-22(8-1)12-15-3-9-23-10-4-15)11-16(13-24-18)21-17-19-6-2-7-20-17/h2,6-7,15-16H,1,3-5,8-14H2,(H,19,20,21). The summed E-state index contributed by atoms with van der Waals surface area (Å²) in [4.78, 5) is 11.2. The van der Waals surface area contributed by atoms with E-state index < -0.39 is 0 Å². The Labute approximate surface area is 143 Å². The predicted octanol–water partition coefficient (Wildman–Crippen LogP) is 1.94. The van der Waals surface area contributed by atoms with Gasteiger partial charge in [0.05, 0.1) is 18.2 Å². The first-order valence-electron chi connectivity index (χ1n) is 9.29. The fourth-order valence-electron chi connectivity index (χ4n) is 4.42. The van der Waals surface area contributed by atoms with E-state index in [1.165, 1.54) is 38.8 Å². The lowest BCUT2D eigenvalue weighted by Gasteiger charge is -2.41. The van der Waals surface area contributed by atoms with Crippen molar-refractivity contribution in [3.05, 3.63) is 18.5 Å². The number of ether oxygens (including phenoxy) is 2. The molecular formula is C18H28N4O2. The van der Waals surface area contributed by atoms with Crippen LogP contribution in [0.4, 0.5) is 5.95 Å². The van der Waals surface area contributed by atoms with Gasteiger partial charge in [-0.1, -0.05) is 0 Å². The minimum absolute atomic E-state index is 0.0237. The molecule has 2 atom stereocenters. The highest BCUT2D eigenvalue weighted by Crippen LogP contribution is 2.36. The summed E-state index contributed by atoms with van der Waals surface area (Å²) >= 11 is 0. The second-order valence-corrected chi connectivity index (χ2v) is 7.51. The summed E-state index contributed by atoms with van der Waals surface area (Å²) in [5, 5.41) is 3.43. The van der Waals surface area contributed by atoms with E-state index in [4.69, 9.17) is 9.47 Å². The van der Waals surface area contributed by atoms with E-state index in [1.54, 1.807) is 12.4 Å². The van der Waals surface area contributed by atoms with Gasteiger partial charge in [0.15, 0.2) is 0 Å². The summed E-state index contributed by atoms with van der Waals surface area (Å²) in [5.41, 5.74) is 0.0237. The summed E-state index contributed by atoms with van der Waals surface area (Å²) < 4.78 is 11.8. The van der Waals surface area contributed by atoms with Gasteiger partial charge in [-0.25, -0.2) is 9.97 Å². The maximum absolute atomic E-state index is 6.30. The fourth-order valence-corrected chi connectivity index (χ4v) is 4.42. The van der Waals surface area contributed by atoms with Crippen LogP contribution in [0.3, 0.4) is 0 Å². The Hall–Kier alpha value is -1.24. The molecule has 4 heterocycles. The van der Waals surface area contributed by atoms with Gasteiger partial charge < -0.3 is 19.7 Å². The molecule has 24 heavy (non-hydrogen) atoms. The van der Waals surface area contributed by atoms with Crippen molar-refractivity contribution in [3.63, 3.8) is 0 Å². The normalized spacial score (nSPS) is 32.2. The number of hydrogen-bond acceptors (Lipinski definition) is 6. The second kappa shape index (κ2) is 7.33. The fraction of sp³-hybridized carbons (Fsp3) is 0.778. The molecule has 1 N–H and O–H groups in total. The molecule has 6 nitrogen and oxygen atoms in total. The maximum Gasteiger partial charge on any atom is 0.222 e. The first-order valence-corrected chi connectivity index (χ1v) is 9.29. The number of nitrogens with zero attached hydrogens (tertiary/aromatic N) is 3. The maximum atomic E-state index is 6.30. The van der Waals surface area contributed by atoms with Crippen LogP contribution in [0.2, 0.25) is 0 Å². The van der Waals surface area contributed by atoms with Crippen LogP contribution in [-0.4, -0.2) is 66.0 Å². The summed E-state index contributed by atoms with van der Waals surface area (Å²) in [5.74, 6) is 1.50. The molecule has 3 fully saturated rings. The highest BCUT2D eigenvalue weighted by molar-refractivity contribution is 5.25. The van der Waals surface area contributed by atoms with E-state index in [2.05, 4.69) is 20.2 Å². The van der Waals surface area contributed by atoms with E-state index in [0.29, 0.717) is 12.0 Å². The van der Waals surface area contributed by atoms with Gasteiger partial charge >= 0.3 is 0 Å². The molecule has 1 aromatic rings. The highest BCUT2D eigenvalue weighted by Gasteiger charge is 2.43. The first kappa shape index (κ1) is 16.2. The number of anilines is 1. The van der Waals surface area contributed by atoms with Crippen molar-refractivity contribution in [1.82, 2.24) is 14.9 Å². The van der Waals surface area contributed by atoms with Gasteiger partial charge in [0.1, 0.15) is 0 Å². The van der Waals surface area contributed by atoms with Crippen molar-refractivity contribution in [1.29, 1.82) is 0 Å². The molecule has 0 saturated carbocycles. The quantitative estimate of drug-likeness (QED) is 0.909. The van der Waals surface area contributed by atoms with Gasteiger partial charge in [0, 0.05) is 45.1 Å². The van der Waals surface area contributed by atoms with E-state index in [0.717, 1.165) is 38.7 Å². The summed E-state index contributed by atoms with van der Waals surface area (Å²) in [7, 11) is 0. The number of likely N-dealkylation sites (tertiary alicyclic amines) is 1. The van der Waals surface area contributed by atoms with Gasteiger partial charge in [-0.3, -0.25) is 0 Å². The zero-order chi connectivity index (χ0) is 16.2. The molecule has 3 aliphatic heterocycles. The topological polar surface area (TPSA) is 59.5 Å². The van der Waals surface area contributed by atoms with Crippen molar-refractivity contribution >= 4 is 5.95 Å². The Bertz CT molecular complexity index is 523. The van der Waals surface area contributed by atoms with Crippen molar-refractivity contribution in [2.24, 2.45) is 5.92 Å². The Balaban J connectivity index is 1.31. The lowest BCUT2D eigenvalue weighted by Crippen LogP contribution is -2.49. The third kappa shape index (κ3) is 3.87. The minimum Gasteiger partial charge on any atom is -0.381 e. The second-order valence-electron chi connectivity index (χ2n) is 7.51. The molecule has 1 spiro atoms. The smallest absolute Gasteiger partial charge is 0.222 e. The molecule has 0 radical (unpaired) electrons. The van der Waals surface area contributed by atoms with E-state index >= 15 is 0 Å². The average molecular weight is 332 g/mol. The van der Waals surface area contributed by atoms with Crippen molar-refractivity contribution < 1.29 is 9.47 Å². The predicted molar refractivity (Wildman–Crippen MR) is 92.0 cm³/mol. The molecule has 3 aliphatic rings. The Morgan fingerprint density at radius 1 is 1.25 bits per heavy atom. The molecule has 0 bridgehead atoms. The molecule has 0 aliphatic carbocycles. The molecular weight excluding hydrogens is 304 g/mol. The molecule has 132 valence electrons. The van der Waals surface area contributed by atoms with Crippen LogP contribution in [0.15, 0.2) is 18.5 Å². The lowest BCUT2D eigenvalue weighted by atomic mass is 9.87. The molecule has 0 amide bonds. The monoisotopic (exact) mass is 332 g/mol. The van der Waals surface area contributed by atoms with Crippen LogP contribution < -0.4 is 5.32 Å². The zero-order valence-electron chi connectivity index (χ0n) is 14.3. The van der Waals surface area contributed by atoms with Gasteiger partial charge in [0.2, 0.25) is 5.95 Å². The van der Waals surface area contributed by atoms with Crippen molar-refractivity contribution in [2.75, 3.05) is 44.8 Å². The van der Waals surface area contributed by atoms with Crippen LogP contribution in [0.25, 0.3) is 0 Å². The molecule has 6 heteroatoms. The van der Waals surface area contributed by atoms with Gasteiger partial charge in [-0.2, -0.15) is 0 Å². The summed E-state index contributed by atoms with van der Waals surface area (Å²) in [6.07, 6.45) is 9.42. The van der Waals surface area contributed by atoms with Gasteiger partial charge in [-0.05, 0) is 44.2 Å². The number of hydrogen-bond donors (Lipinski definition) is 1. The van der Waals surface area contributed by atoms with Crippen LogP contribution in [0.5, 0.6) is 0 Å². The first-order chi connectivity index (χ1) is 11.8. The SMILES string of the molecule is c1cnc(NC2COC3(CCCN(CC4CCOCC4)C3)C2)nc1. The number of rotatable bonds is 4. The van der Waals surface area contributed by atoms with Crippen LogP contribution in [0, 0.1) is 5.92 Å². The van der Waals surface area contributed by atoms with Crippen LogP contribution >= 0.6 is 0 Å². The molecule has 3 saturated heterocycles. The van der Waals surface area contributed by atoms with Crippen LogP contribution in [0.1, 0.15) is 32.1 Å². The summed E-state index contributed by atoms with van der Waals surface area (Å²) in [6.45, 7) is 6.10. The number of aromatic nitrogens is 2. The van der Waals surface area contributed by atoms with Crippen LogP contribution in [-0.2, 0) is 9.47 Å². The van der Waals surface area contributed by atoms with E-state index in [1.807, 2.05) is 6.07 Å². The van der Waals surface area contributed by atoms with E-state index in [9.17, 15) is 0 Å². The molecule has 1 aromatic heterocycles. The Morgan fingerprint density at radius 2 is 2.08 bits per heavy atom. The largest absolute Gasteiger partial charge is 0.381 e. The Morgan fingerprint density at radius 3 is 2.92 bits per heavy atom. The molecule has 2 unspecified atom stereocenters. The molecule has 0 aromatic carbocycles.